The maximum atomic E-state index is 5.71. The van der Waals surface area contributed by atoms with Crippen LogP contribution in [0.15, 0.2) is 0 Å². The molecule has 0 aliphatic carbocycles. The van der Waals surface area contributed by atoms with Crippen molar-refractivity contribution in [3.63, 3.8) is 0 Å². The van der Waals surface area contributed by atoms with Crippen molar-refractivity contribution in [1.82, 2.24) is 0 Å². The van der Waals surface area contributed by atoms with Crippen LogP contribution in [0.2, 0.25) is 0 Å². The highest BCUT2D eigenvalue weighted by molar-refractivity contribution is 4.49. The zero-order chi connectivity index (χ0) is 16.8. The monoisotopic (exact) mass is 326 g/mol. The summed E-state index contributed by atoms with van der Waals surface area (Å²) in [4.78, 5) is 0. The predicted molar refractivity (Wildman–Crippen MR) is 105 cm³/mol. The van der Waals surface area contributed by atoms with E-state index in [-0.39, 0.29) is 0 Å². The Bertz CT molecular complexity index is 170. The van der Waals surface area contributed by atoms with Crippen molar-refractivity contribution in [2.45, 2.75) is 129 Å². The molecule has 140 valence electrons. The van der Waals surface area contributed by atoms with Gasteiger partial charge in [-0.15, -0.1) is 0 Å². The predicted octanol–water partition coefficient (Wildman–Crippen LogP) is 8.06. The summed E-state index contributed by atoms with van der Waals surface area (Å²) in [5.41, 5.74) is 0. The van der Waals surface area contributed by atoms with Crippen molar-refractivity contribution in [3.8, 4) is 0 Å². The van der Waals surface area contributed by atoms with Crippen molar-refractivity contribution in [2.24, 2.45) is 0 Å². The van der Waals surface area contributed by atoms with Gasteiger partial charge in [0, 0.05) is 13.2 Å². The van der Waals surface area contributed by atoms with Crippen LogP contribution in [0.1, 0.15) is 129 Å². The van der Waals surface area contributed by atoms with Crippen LogP contribution in [0, 0.1) is 0 Å². The normalized spacial score (nSPS) is 11.2. The molecule has 1 heteroatoms. The van der Waals surface area contributed by atoms with Gasteiger partial charge in [0.15, 0.2) is 0 Å². The zero-order valence-electron chi connectivity index (χ0n) is 16.6. The molecule has 0 aliphatic heterocycles. The van der Waals surface area contributed by atoms with Gasteiger partial charge in [0.25, 0.3) is 0 Å². The van der Waals surface area contributed by atoms with Crippen LogP contribution in [0.3, 0.4) is 0 Å². The van der Waals surface area contributed by atoms with Crippen LogP contribution in [-0.4, -0.2) is 13.2 Å². The van der Waals surface area contributed by atoms with Gasteiger partial charge >= 0.3 is 0 Å². The number of unbranched alkanes of at least 4 members (excludes halogenated alkanes) is 16. The summed E-state index contributed by atoms with van der Waals surface area (Å²) in [6.45, 7) is 6.54. The molecule has 0 atom stereocenters. The van der Waals surface area contributed by atoms with E-state index >= 15 is 0 Å². The lowest BCUT2D eigenvalue weighted by atomic mass is 10.0. The molecular formula is C22H46O. The first kappa shape index (κ1) is 23.0. The van der Waals surface area contributed by atoms with Crippen molar-refractivity contribution >= 4 is 0 Å². The van der Waals surface area contributed by atoms with E-state index in [4.69, 9.17) is 4.74 Å². The Kier molecular flexibility index (Phi) is 21.9. The van der Waals surface area contributed by atoms with Gasteiger partial charge in [0.1, 0.15) is 0 Å². The first-order valence-electron chi connectivity index (χ1n) is 11.0. The number of rotatable bonds is 20. The van der Waals surface area contributed by atoms with Crippen LogP contribution in [-0.2, 0) is 4.74 Å². The van der Waals surface area contributed by atoms with Crippen LogP contribution in [0.5, 0.6) is 0 Å². The van der Waals surface area contributed by atoms with E-state index in [2.05, 4.69) is 13.8 Å². The molecule has 0 unspecified atom stereocenters. The maximum absolute atomic E-state index is 5.71. The minimum Gasteiger partial charge on any atom is -0.381 e. The summed E-state index contributed by atoms with van der Waals surface area (Å²) in [5.74, 6) is 0. The number of hydrogen-bond donors (Lipinski definition) is 0. The topological polar surface area (TPSA) is 9.23 Å². The second-order valence-electron chi connectivity index (χ2n) is 7.27. The smallest absolute Gasteiger partial charge is 0.0466 e. The third-order valence-electron chi connectivity index (χ3n) is 4.78. The molecule has 0 spiro atoms. The Morgan fingerprint density at radius 2 is 0.609 bits per heavy atom. The molecule has 1 nitrogen and oxygen atoms in total. The van der Waals surface area contributed by atoms with Gasteiger partial charge in [-0.1, -0.05) is 117 Å². The fourth-order valence-corrected chi connectivity index (χ4v) is 3.13. The SMILES string of the molecule is CCCCCCCCCCCCCCCOCCCCCCC. The van der Waals surface area contributed by atoms with Gasteiger partial charge in [-0.2, -0.15) is 0 Å². The standard InChI is InChI=1S/C22H46O/c1-3-5-7-9-10-11-12-13-14-15-16-18-20-22-23-21-19-17-8-6-4-2/h3-22H2,1-2H3. The maximum Gasteiger partial charge on any atom is 0.0466 e. The van der Waals surface area contributed by atoms with Gasteiger partial charge in [-0.05, 0) is 12.8 Å². The zero-order valence-corrected chi connectivity index (χ0v) is 16.6. The summed E-state index contributed by atoms with van der Waals surface area (Å²) in [6.07, 6.45) is 25.2. The molecule has 0 heterocycles. The third-order valence-corrected chi connectivity index (χ3v) is 4.78. The lowest BCUT2D eigenvalue weighted by Gasteiger charge is -2.05. The van der Waals surface area contributed by atoms with Gasteiger partial charge in [0.05, 0.1) is 0 Å². The average molecular weight is 327 g/mol. The molecule has 0 bridgehead atoms. The highest BCUT2D eigenvalue weighted by Gasteiger charge is 1.94. The fraction of sp³-hybridized carbons (Fsp3) is 1.00. The molecule has 0 aromatic carbocycles. The van der Waals surface area contributed by atoms with Crippen molar-refractivity contribution in [3.05, 3.63) is 0 Å². The van der Waals surface area contributed by atoms with Crippen LogP contribution in [0.25, 0.3) is 0 Å². The van der Waals surface area contributed by atoms with Gasteiger partial charge in [-0.3, -0.25) is 0 Å². The Hall–Kier alpha value is -0.0400. The first-order chi connectivity index (χ1) is 11.4. The Balaban J connectivity index is 2.92. The molecule has 0 aromatic rings. The molecule has 23 heavy (non-hydrogen) atoms. The highest BCUT2D eigenvalue weighted by Crippen LogP contribution is 2.12. The van der Waals surface area contributed by atoms with Crippen molar-refractivity contribution < 1.29 is 4.74 Å². The molecule has 0 aliphatic rings. The summed E-state index contributed by atoms with van der Waals surface area (Å²) in [5, 5.41) is 0. The second kappa shape index (κ2) is 22.0. The summed E-state index contributed by atoms with van der Waals surface area (Å²) in [7, 11) is 0. The molecular weight excluding hydrogens is 280 g/mol. The molecule has 0 rings (SSSR count). The van der Waals surface area contributed by atoms with Gasteiger partial charge < -0.3 is 4.74 Å². The third kappa shape index (κ3) is 22.0. The lowest BCUT2D eigenvalue weighted by Crippen LogP contribution is -1.97. The molecule has 0 aromatic heterocycles. The number of hydrogen-bond acceptors (Lipinski definition) is 1. The molecule has 0 fully saturated rings. The summed E-state index contributed by atoms with van der Waals surface area (Å²) in [6, 6.07) is 0. The second-order valence-corrected chi connectivity index (χ2v) is 7.27. The van der Waals surface area contributed by atoms with E-state index in [0.717, 1.165) is 13.2 Å². The van der Waals surface area contributed by atoms with Gasteiger partial charge in [0.2, 0.25) is 0 Å². The summed E-state index contributed by atoms with van der Waals surface area (Å²) < 4.78 is 5.71. The van der Waals surface area contributed by atoms with E-state index in [0.29, 0.717) is 0 Å². The minimum absolute atomic E-state index is 0.988. The fourth-order valence-electron chi connectivity index (χ4n) is 3.13. The van der Waals surface area contributed by atoms with Gasteiger partial charge in [-0.25, -0.2) is 0 Å². The average Bonchev–Trinajstić information content (AvgIpc) is 2.57. The van der Waals surface area contributed by atoms with Crippen molar-refractivity contribution in [1.29, 1.82) is 0 Å². The van der Waals surface area contributed by atoms with Crippen LogP contribution in [0.4, 0.5) is 0 Å². The highest BCUT2D eigenvalue weighted by atomic mass is 16.5. The molecule has 0 radical (unpaired) electrons. The minimum atomic E-state index is 0.988. The van der Waals surface area contributed by atoms with E-state index < -0.39 is 0 Å². The Labute approximate surface area is 148 Å². The van der Waals surface area contributed by atoms with Crippen molar-refractivity contribution in [2.75, 3.05) is 13.2 Å². The molecule has 0 saturated carbocycles. The van der Waals surface area contributed by atoms with E-state index in [1.54, 1.807) is 0 Å². The molecule has 0 amide bonds. The Morgan fingerprint density at radius 3 is 0.913 bits per heavy atom. The Morgan fingerprint density at radius 1 is 0.348 bits per heavy atom. The quantitative estimate of drug-likeness (QED) is 0.205. The molecule has 0 N–H and O–H groups in total. The summed E-state index contributed by atoms with van der Waals surface area (Å²) >= 11 is 0. The largest absolute Gasteiger partial charge is 0.381 e. The van der Waals surface area contributed by atoms with Crippen LogP contribution >= 0.6 is 0 Å². The van der Waals surface area contributed by atoms with E-state index in [9.17, 15) is 0 Å². The lowest BCUT2D eigenvalue weighted by molar-refractivity contribution is 0.125. The van der Waals surface area contributed by atoms with E-state index in [1.165, 1.54) is 116 Å². The van der Waals surface area contributed by atoms with E-state index in [1.807, 2.05) is 0 Å². The molecule has 0 saturated heterocycles. The number of ether oxygens (including phenoxy) is 1. The van der Waals surface area contributed by atoms with Crippen LogP contribution < -0.4 is 0 Å². The first-order valence-corrected chi connectivity index (χ1v) is 11.0.